The molecule has 0 radical (unpaired) electrons. The minimum absolute atomic E-state index is 0.0227. The molecular weight excluding hydrogens is 338 g/mol. The Kier molecular flexibility index (Phi) is 4.92. The lowest BCUT2D eigenvalue weighted by atomic mass is 10.0. The van der Waals surface area contributed by atoms with Crippen molar-refractivity contribution in [3.8, 4) is 17.0 Å². The molecule has 2 heterocycles. The molecule has 1 aliphatic heterocycles. The number of ether oxygens (including phenoxy) is 1. The molecule has 0 spiro atoms. The Morgan fingerprint density at radius 1 is 1.19 bits per heavy atom. The summed E-state index contributed by atoms with van der Waals surface area (Å²) in [7, 11) is 0. The highest BCUT2D eigenvalue weighted by Crippen LogP contribution is 2.36. The highest BCUT2D eigenvalue weighted by atomic mass is 16.5. The second kappa shape index (κ2) is 7.66. The van der Waals surface area contributed by atoms with Crippen molar-refractivity contribution in [2.75, 3.05) is 0 Å². The average Bonchev–Trinajstić information content (AvgIpc) is 3.10. The minimum Gasteiger partial charge on any atom is -0.488 e. The summed E-state index contributed by atoms with van der Waals surface area (Å²) < 4.78 is 7.53. The van der Waals surface area contributed by atoms with E-state index in [1.54, 1.807) is 10.9 Å². The van der Waals surface area contributed by atoms with Crippen molar-refractivity contribution in [3.05, 3.63) is 71.9 Å². The fourth-order valence-corrected chi connectivity index (χ4v) is 3.46. The molecule has 1 aromatic heterocycles. The van der Waals surface area contributed by atoms with Crippen molar-refractivity contribution in [2.45, 2.75) is 39.0 Å². The van der Waals surface area contributed by atoms with Gasteiger partial charge in [-0.25, -0.2) is 0 Å². The van der Waals surface area contributed by atoms with Crippen molar-refractivity contribution in [1.82, 2.24) is 15.1 Å². The minimum atomic E-state index is -0.0227. The maximum absolute atomic E-state index is 12.5. The van der Waals surface area contributed by atoms with E-state index >= 15 is 0 Å². The van der Waals surface area contributed by atoms with Crippen molar-refractivity contribution in [3.63, 3.8) is 0 Å². The Bertz CT molecular complexity index is 934. The number of nitrogens with zero attached hydrogens (tertiary/aromatic N) is 2. The van der Waals surface area contributed by atoms with Crippen LogP contribution in [0.5, 0.6) is 5.75 Å². The predicted molar refractivity (Wildman–Crippen MR) is 104 cm³/mol. The fraction of sp³-hybridized carbons (Fsp3) is 0.273. The van der Waals surface area contributed by atoms with Gasteiger partial charge in [-0.1, -0.05) is 42.5 Å². The Hall–Kier alpha value is -3.08. The maximum Gasteiger partial charge on any atom is 0.241 e. The van der Waals surface area contributed by atoms with Gasteiger partial charge in [-0.15, -0.1) is 0 Å². The molecule has 0 fully saturated rings. The molecule has 2 aromatic carbocycles. The number of para-hydroxylation sites is 1. The first kappa shape index (κ1) is 17.3. The number of aryl methyl sites for hydroxylation is 1. The van der Waals surface area contributed by atoms with Crippen molar-refractivity contribution in [1.29, 1.82) is 0 Å². The zero-order chi connectivity index (χ0) is 18.6. The number of amides is 1. The normalized spacial score (nSPS) is 13.2. The summed E-state index contributed by atoms with van der Waals surface area (Å²) in [4.78, 5) is 12.5. The van der Waals surface area contributed by atoms with Crippen LogP contribution in [0.2, 0.25) is 0 Å². The second-order valence-corrected chi connectivity index (χ2v) is 6.95. The molecular formula is C22H23N3O2. The summed E-state index contributed by atoms with van der Waals surface area (Å²) in [5.41, 5.74) is 4.26. The van der Waals surface area contributed by atoms with Crippen molar-refractivity contribution < 1.29 is 9.53 Å². The molecule has 0 saturated carbocycles. The molecule has 1 atom stereocenters. The Morgan fingerprint density at radius 2 is 1.96 bits per heavy atom. The summed E-state index contributed by atoms with van der Waals surface area (Å²) in [6.07, 6.45) is 3.64. The molecule has 3 aromatic rings. The van der Waals surface area contributed by atoms with E-state index in [9.17, 15) is 4.79 Å². The summed E-state index contributed by atoms with van der Waals surface area (Å²) in [6, 6.07) is 18.3. The highest BCUT2D eigenvalue weighted by Gasteiger charge is 2.23. The van der Waals surface area contributed by atoms with Crippen LogP contribution in [0.4, 0.5) is 0 Å². The fourth-order valence-electron chi connectivity index (χ4n) is 3.46. The van der Waals surface area contributed by atoms with Gasteiger partial charge in [0.25, 0.3) is 0 Å². The van der Waals surface area contributed by atoms with Crippen LogP contribution in [-0.2, 0) is 24.4 Å². The maximum atomic E-state index is 12.5. The standard InChI is InChI=1S/C22H23N3O2/c1-16(11-12-17-7-3-2-4-8-17)24-21(26)14-25-22-18(13-23-25)15-27-20-10-6-5-9-19(20)22/h2-10,13,16H,11-12,14-15H2,1H3,(H,24,26)/t16-/m0/s1. The Morgan fingerprint density at radius 3 is 2.81 bits per heavy atom. The highest BCUT2D eigenvalue weighted by molar-refractivity contribution is 5.78. The number of carbonyl (C=O) groups is 1. The van der Waals surface area contributed by atoms with Crippen molar-refractivity contribution in [2.24, 2.45) is 0 Å². The number of carbonyl (C=O) groups excluding carboxylic acids is 1. The van der Waals surface area contributed by atoms with Gasteiger partial charge in [0.15, 0.2) is 0 Å². The monoisotopic (exact) mass is 361 g/mol. The van der Waals surface area contributed by atoms with Gasteiger partial charge >= 0.3 is 0 Å². The number of benzene rings is 2. The zero-order valence-electron chi connectivity index (χ0n) is 15.4. The SMILES string of the molecule is C[C@@H](CCc1ccccc1)NC(=O)Cn1ncc2c1-c1ccccc1OC2. The first-order valence-electron chi connectivity index (χ1n) is 9.31. The Balaban J connectivity index is 1.39. The molecule has 5 nitrogen and oxygen atoms in total. The smallest absolute Gasteiger partial charge is 0.241 e. The van der Waals surface area contributed by atoms with Crippen LogP contribution in [0.1, 0.15) is 24.5 Å². The summed E-state index contributed by atoms with van der Waals surface area (Å²) in [6.45, 7) is 2.74. The van der Waals surface area contributed by atoms with Gasteiger partial charge in [-0.2, -0.15) is 5.10 Å². The molecule has 0 aliphatic carbocycles. The topological polar surface area (TPSA) is 56.2 Å². The Labute approximate surface area is 159 Å². The van der Waals surface area contributed by atoms with Crippen LogP contribution in [0.25, 0.3) is 11.3 Å². The second-order valence-electron chi connectivity index (χ2n) is 6.95. The van der Waals surface area contributed by atoms with E-state index in [0.717, 1.165) is 35.4 Å². The number of hydrogen-bond donors (Lipinski definition) is 1. The number of nitrogens with one attached hydrogen (secondary N) is 1. The summed E-state index contributed by atoms with van der Waals surface area (Å²) in [5.74, 6) is 0.814. The molecule has 5 heteroatoms. The lowest BCUT2D eigenvalue weighted by Crippen LogP contribution is -2.35. The van der Waals surface area contributed by atoms with E-state index in [1.165, 1.54) is 5.56 Å². The number of fused-ring (bicyclic) bond motifs is 3. The first-order valence-corrected chi connectivity index (χ1v) is 9.31. The zero-order valence-corrected chi connectivity index (χ0v) is 15.4. The van der Waals surface area contributed by atoms with Crippen LogP contribution in [0.15, 0.2) is 60.8 Å². The molecule has 4 rings (SSSR count). The van der Waals surface area contributed by atoms with Crippen LogP contribution in [-0.4, -0.2) is 21.7 Å². The van der Waals surface area contributed by atoms with Crippen LogP contribution in [0.3, 0.4) is 0 Å². The van der Waals surface area contributed by atoms with E-state index in [4.69, 9.17) is 4.74 Å². The molecule has 0 unspecified atom stereocenters. The van der Waals surface area contributed by atoms with Crippen LogP contribution in [0, 0.1) is 0 Å². The number of hydrogen-bond acceptors (Lipinski definition) is 3. The quantitative estimate of drug-likeness (QED) is 0.730. The van der Waals surface area contributed by atoms with E-state index in [0.29, 0.717) is 6.61 Å². The molecule has 1 amide bonds. The lowest BCUT2D eigenvalue weighted by Gasteiger charge is -2.19. The van der Waals surface area contributed by atoms with Gasteiger partial charge in [0.2, 0.25) is 5.91 Å². The van der Waals surface area contributed by atoms with Crippen molar-refractivity contribution >= 4 is 5.91 Å². The van der Waals surface area contributed by atoms with E-state index in [1.807, 2.05) is 49.4 Å². The third-order valence-corrected chi connectivity index (χ3v) is 4.85. The van der Waals surface area contributed by atoms with Gasteiger partial charge in [-0.05, 0) is 37.5 Å². The largest absolute Gasteiger partial charge is 0.488 e. The summed E-state index contributed by atoms with van der Waals surface area (Å²) >= 11 is 0. The molecule has 1 N–H and O–H groups in total. The molecule has 27 heavy (non-hydrogen) atoms. The molecule has 1 aliphatic rings. The molecule has 0 saturated heterocycles. The third-order valence-electron chi connectivity index (χ3n) is 4.85. The van der Waals surface area contributed by atoms with Gasteiger partial charge in [0.05, 0.1) is 11.9 Å². The van der Waals surface area contributed by atoms with Crippen LogP contribution >= 0.6 is 0 Å². The summed E-state index contributed by atoms with van der Waals surface area (Å²) in [5, 5.41) is 7.50. The van der Waals surface area contributed by atoms with Gasteiger partial charge in [-0.3, -0.25) is 9.48 Å². The van der Waals surface area contributed by atoms with Crippen LogP contribution < -0.4 is 10.1 Å². The lowest BCUT2D eigenvalue weighted by molar-refractivity contribution is -0.122. The number of aromatic nitrogens is 2. The van der Waals surface area contributed by atoms with E-state index < -0.39 is 0 Å². The predicted octanol–water partition coefficient (Wildman–Crippen LogP) is 3.58. The molecule has 0 bridgehead atoms. The third kappa shape index (κ3) is 3.87. The van der Waals surface area contributed by atoms with Gasteiger partial charge < -0.3 is 10.1 Å². The van der Waals surface area contributed by atoms with E-state index in [-0.39, 0.29) is 18.5 Å². The van der Waals surface area contributed by atoms with E-state index in [2.05, 4.69) is 22.5 Å². The average molecular weight is 361 g/mol. The molecule has 138 valence electrons. The first-order chi connectivity index (χ1) is 13.2. The van der Waals surface area contributed by atoms with Gasteiger partial charge in [0, 0.05) is 17.2 Å². The van der Waals surface area contributed by atoms with Gasteiger partial charge in [0.1, 0.15) is 18.9 Å². The number of rotatable bonds is 6.